The molecule has 2 aliphatic carbocycles. The highest BCUT2D eigenvalue weighted by molar-refractivity contribution is 5.82. The van der Waals surface area contributed by atoms with Gasteiger partial charge in [-0.3, -0.25) is 9.59 Å². The standard InChI is InChI=1S/C15H27N3O2/c1-15(2,3)18-11(19)6-7-17-14(20)12-9-4-5-10(8-9)13(12)16/h9-10,12-13H,4-8,16H2,1-3H3,(H,17,20)(H,18,19). The summed E-state index contributed by atoms with van der Waals surface area (Å²) < 4.78 is 0. The molecule has 2 saturated carbocycles. The highest BCUT2D eigenvalue weighted by Crippen LogP contribution is 2.47. The number of nitrogens with one attached hydrogen (secondary N) is 2. The van der Waals surface area contributed by atoms with Crippen molar-refractivity contribution >= 4 is 11.8 Å². The lowest BCUT2D eigenvalue weighted by Gasteiger charge is -2.27. The molecule has 2 bridgehead atoms. The van der Waals surface area contributed by atoms with Crippen LogP contribution in [0, 0.1) is 17.8 Å². The minimum Gasteiger partial charge on any atom is -0.355 e. The van der Waals surface area contributed by atoms with E-state index in [1.165, 1.54) is 6.42 Å². The molecule has 4 atom stereocenters. The van der Waals surface area contributed by atoms with Crippen LogP contribution in [0.4, 0.5) is 0 Å². The third-order valence-corrected chi connectivity index (χ3v) is 4.45. The zero-order valence-electron chi connectivity index (χ0n) is 12.7. The molecule has 114 valence electrons. The second-order valence-corrected chi connectivity index (χ2v) is 7.28. The highest BCUT2D eigenvalue weighted by Gasteiger charge is 2.48. The van der Waals surface area contributed by atoms with Crippen molar-refractivity contribution < 1.29 is 9.59 Å². The van der Waals surface area contributed by atoms with Gasteiger partial charge in [0.2, 0.25) is 11.8 Å². The third-order valence-electron chi connectivity index (χ3n) is 4.45. The summed E-state index contributed by atoms with van der Waals surface area (Å²) in [7, 11) is 0. The number of amides is 2. The Morgan fingerprint density at radius 1 is 1.20 bits per heavy atom. The van der Waals surface area contributed by atoms with Gasteiger partial charge in [-0.1, -0.05) is 0 Å². The van der Waals surface area contributed by atoms with Crippen molar-refractivity contribution in [1.29, 1.82) is 0 Å². The summed E-state index contributed by atoms with van der Waals surface area (Å²) >= 11 is 0. The van der Waals surface area contributed by atoms with Gasteiger partial charge in [-0.2, -0.15) is 0 Å². The Morgan fingerprint density at radius 2 is 1.85 bits per heavy atom. The van der Waals surface area contributed by atoms with Crippen molar-refractivity contribution in [1.82, 2.24) is 10.6 Å². The largest absolute Gasteiger partial charge is 0.355 e. The first-order valence-electron chi connectivity index (χ1n) is 7.62. The minimum absolute atomic E-state index is 0.0113. The number of hydrogen-bond donors (Lipinski definition) is 3. The lowest BCUT2D eigenvalue weighted by Crippen LogP contribution is -2.46. The number of carbonyl (C=O) groups is 2. The Bertz CT molecular complexity index is 387. The molecule has 0 aromatic carbocycles. The summed E-state index contributed by atoms with van der Waals surface area (Å²) in [6.07, 6.45) is 3.72. The summed E-state index contributed by atoms with van der Waals surface area (Å²) in [5, 5.41) is 5.76. The highest BCUT2D eigenvalue weighted by atomic mass is 16.2. The third kappa shape index (κ3) is 3.51. The number of fused-ring (bicyclic) bond motifs is 2. The van der Waals surface area contributed by atoms with Crippen LogP contribution in [0.25, 0.3) is 0 Å². The Labute approximate surface area is 121 Å². The van der Waals surface area contributed by atoms with Crippen molar-refractivity contribution in [2.45, 2.75) is 58.0 Å². The monoisotopic (exact) mass is 281 g/mol. The van der Waals surface area contributed by atoms with Crippen LogP contribution >= 0.6 is 0 Å². The van der Waals surface area contributed by atoms with E-state index >= 15 is 0 Å². The maximum atomic E-state index is 12.2. The SMILES string of the molecule is CC(C)(C)NC(=O)CCNC(=O)C1C2CCC(C2)C1N. The molecular formula is C15H27N3O2. The topological polar surface area (TPSA) is 84.2 Å². The normalized spacial score (nSPS) is 32.2. The van der Waals surface area contributed by atoms with Crippen LogP contribution in [0.1, 0.15) is 46.5 Å². The van der Waals surface area contributed by atoms with Crippen LogP contribution in [0.3, 0.4) is 0 Å². The van der Waals surface area contributed by atoms with Crippen LogP contribution in [0.5, 0.6) is 0 Å². The van der Waals surface area contributed by atoms with E-state index in [1.807, 2.05) is 20.8 Å². The molecule has 20 heavy (non-hydrogen) atoms. The van der Waals surface area contributed by atoms with Crippen LogP contribution in [0.15, 0.2) is 0 Å². The first kappa shape index (κ1) is 15.3. The summed E-state index contributed by atoms with van der Waals surface area (Å²) in [6.45, 7) is 6.22. The van der Waals surface area contributed by atoms with Gasteiger partial charge in [0.15, 0.2) is 0 Å². The molecule has 2 rings (SSSR count). The molecule has 0 spiro atoms. The Kier molecular flexibility index (Phi) is 4.37. The fraction of sp³-hybridized carbons (Fsp3) is 0.867. The zero-order chi connectivity index (χ0) is 14.9. The van der Waals surface area contributed by atoms with Gasteiger partial charge in [-0.25, -0.2) is 0 Å². The molecule has 0 saturated heterocycles. The van der Waals surface area contributed by atoms with E-state index in [0.29, 0.717) is 24.8 Å². The molecule has 2 amide bonds. The molecule has 2 fully saturated rings. The van der Waals surface area contributed by atoms with Crippen LogP contribution in [0.2, 0.25) is 0 Å². The number of carbonyl (C=O) groups excluding carboxylic acids is 2. The fourth-order valence-corrected chi connectivity index (χ4v) is 3.62. The predicted octanol–water partition coefficient (Wildman–Crippen LogP) is 0.781. The van der Waals surface area contributed by atoms with Gasteiger partial charge >= 0.3 is 0 Å². The summed E-state index contributed by atoms with van der Waals surface area (Å²) in [5.41, 5.74) is 5.91. The van der Waals surface area contributed by atoms with Crippen LogP contribution in [-0.4, -0.2) is 29.9 Å². The first-order valence-corrected chi connectivity index (χ1v) is 7.62. The molecule has 4 unspecified atom stereocenters. The van der Waals surface area contributed by atoms with Crippen molar-refractivity contribution in [3.8, 4) is 0 Å². The van der Waals surface area contributed by atoms with Gasteiger partial charge in [-0.05, 0) is 51.9 Å². The number of rotatable bonds is 4. The van der Waals surface area contributed by atoms with Gasteiger partial charge in [0.25, 0.3) is 0 Å². The van der Waals surface area contributed by atoms with Crippen molar-refractivity contribution in [2.24, 2.45) is 23.5 Å². The van der Waals surface area contributed by atoms with Crippen molar-refractivity contribution in [2.75, 3.05) is 6.54 Å². The molecule has 5 nitrogen and oxygen atoms in total. The second kappa shape index (κ2) is 5.72. The van der Waals surface area contributed by atoms with E-state index < -0.39 is 0 Å². The van der Waals surface area contributed by atoms with Gasteiger partial charge in [0, 0.05) is 24.5 Å². The van der Waals surface area contributed by atoms with Gasteiger partial charge in [0.1, 0.15) is 0 Å². The molecule has 5 heteroatoms. The minimum atomic E-state index is -0.228. The first-order chi connectivity index (χ1) is 9.28. The van der Waals surface area contributed by atoms with Gasteiger partial charge in [0.05, 0.1) is 5.92 Å². The molecule has 0 aliphatic heterocycles. The van der Waals surface area contributed by atoms with Crippen molar-refractivity contribution in [3.05, 3.63) is 0 Å². The van der Waals surface area contributed by atoms with Gasteiger partial charge in [-0.15, -0.1) is 0 Å². The maximum Gasteiger partial charge on any atom is 0.224 e. The van der Waals surface area contributed by atoms with E-state index in [4.69, 9.17) is 5.73 Å². The van der Waals surface area contributed by atoms with Crippen molar-refractivity contribution in [3.63, 3.8) is 0 Å². The number of hydrogen-bond acceptors (Lipinski definition) is 3. The lowest BCUT2D eigenvalue weighted by atomic mass is 9.84. The number of nitrogens with two attached hydrogens (primary N) is 1. The van der Waals surface area contributed by atoms with E-state index in [1.54, 1.807) is 0 Å². The molecule has 4 N–H and O–H groups in total. The average molecular weight is 281 g/mol. The van der Waals surface area contributed by atoms with E-state index in [0.717, 1.165) is 12.8 Å². The van der Waals surface area contributed by atoms with E-state index in [-0.39, 0.29) is 29.3 Å². The summed E-state index contributed by atoms with van der Waals surface area (Å²) in [5.74, 6) is 0.945. The quantitative estimate of drug-likeness (QED) is 0.712. The lowest BCUT2D eigenvalue weighted by molar-refractivity contribution is -0.127. The Morgan fingerprint density at radius 3 is 2.40 bits per heavy atom. The summed E-state index contributed by atoms with van der Waals surface area (Å²) in [6, 6.07) is 0.0113. The Balaban J connectivity index is 1.72. The smallest absolute Gasteiger partial charge is 0.224 e. The maximum absolute atomic E-state index is 12.2. The molecule has 0 radical (unpaired) electrons. The van der Waals surface area contributed by atoms with E-state index in [2.05, 4.69) is 10.6 Å². The van der Waals surface area contributed by atoms with Crippen LogP contribution in [-0.2, 0) is 9.59 Å². The van der Waals surface area contributed by atoms with Crippen LogP contribution < -0.4 is 16.4 Å². The average Bonchev–Trinajstić information content (AvgIpc) is 2.86. The summed E-state index contributed by atoms with van der Waals surface area (Å²) in [4.78, 5) is 23.9. The van der Waals surface area contributed by atoms with Gasteiger partial charge < -0.3 is 16.4 Å². The molecule has 0 aromatic rings. The molecular weight excluding hydrogens is 254 g/mol. The van der Waals surface area contributed by atoms with E-state index in [9.17, 15) is 9.59 Å². The Hall–Kier alpha value is -1.10. The molecule has 0 heterocycles. The zero-order valence-corrected chi connectivity index (χ0v) is 12.7. The predicted molar refractivity (Wildman–Crippen MR) is 77.8 cm³/mol. The molecule has 2 aliphatic rings. The second-order valence-electron chi connectivity index (χ2n) is 7.28. The fourth-order valence-electron chi connectivity index (χ4n) is 3.62. The molecule has 0 aromatic heterocycles.